The lowest BCUT2D eigenvalue weighted by Gasteiger charge is -2.31. The summed E-state index contributed by atoms with van der Waals surface area (Å²) in [5, 5.41) is 2.60. The van der Waals surface area contributed by atoms with E-state index in [1.807, 2.05) is 11.3 Å². The van der Waals surface area contributed by atoms with Crippen molar-refractivity contribution in [3.8, 4) is 44.5 Å². The van der Waals surface area contributed by atoms with Gasteiger partial charge in [-0.2, -0.15) is 0 Å². The summed E-state index contributed by atoms with van der Waals surface area (Å²) in [6, 6.07) is 65.9. The second-order valence-corrected chi connectivity index (χ2v) is 17.6. The molecule has 0 N–H and O–H groups in total. The quantitative estimate of drug-likeness (QED) is 0.170. The molecule has 0 amide bonds. The van der Waals surface area contributed by atoms with Crippen LogP contribution >= 0.6 is 11.3 Å². The van der Waals surface area contributed by atoms with Gasteiger partial charge in [0, 0.05) is 47.9 Å². The second-order valence-electron chi connectivity index (χ2n) is 16.5. The SMILES string of the molecule is CC1(C)c2ccccc2-c2ccc(N(c3ccc4c(c3)C(C)(C)c3ccccc3-4)c3ccc4sc5ccccc5c4c3-c3cccc(-c4ccccc4)c3)cc21. The Labute approximate surface area is 333 Å². The molecule has 0 spiro atoms. The summed E-state index contributed by atoms with van der Waals surface area (Å²) in [5.41, 5.74) is 19.0. The van der Waals surface area contributed by atoms with E-state index >= 15 is 0 Å². The molecule has 9 aromatic rings. The number of hydrogen-bond donors (Lipinski definition) is 0. The van der Waals surface area contributed by atoms with E-state index < -0.39 is 0 Å². The summed E-state index contributed by atoms with van der Waals surface area (Å²) in [6.45, 7) is 9.52. The third-order valence-corrected chi connectivity index (χ3v) is 13.8. The van der Waals surface area contributed by atoms with E-state index in [0.29, 0.717) is 0 Å². The normalized spacial score (nSPS) is 14.4. The first-order valence-corrected chi connectivity index (χ1v) is 20.5. The largest absolute Gasteiger partial charge is 0.310 e. The molecule has 0 aliphatic heterocycles. The zero-order chi connectivity index (χ0) is 37.8. The van der Waals surface area contributed by atoms with Crippen LogP contribution in [0.15, 0.2) is 176 Å². The van der Waals surface area contributed by atoms with E-state index in [1.54, 1.807) is 0 Å². The average Bonchev–Trinajstić information content (AvgIpc) is 3.81. The molecule has 1 nitrogen and oxygen atoms in total. The van der Waals surface area contributed by atoms with E-state index in [4.69, 9.17) is 0 Å². The van der Waals surface area contributed by atoms with Crippen molar-refractivity contribution in [1.29, 1.82) is 0 Å². The maximum Gasteiger partial charge on any atom is 0.0547 e. The van der Waals surface area contributed by atoms with Gasteiger partial charge in [-0.1, -0.05) is 155 Å². The number of thiophene rings is 1. The van der Waals surface area contributed by atoms with Crippen molar-refractivity contribution in [3.05, 3.63) is 198 Å². The van der Waals surface area contributed by atoms with Gasteiger partial charge in [-0.15, -0.1) is 11.3 Å². The molecule has 8 aromatic carbocycles. The predicted octanol–water partition coefficient (Wildman–Crippen LogP) is 15.5. The molecule has 0 fully saturated rings. The van der Waals surface area contributed by atoms with Crippen molar-refractivity contribution in [2.24, 2.45) is 0 Å². The number of fused-ring (bicyclic) bond motifs is 9. The van der Waals surface area contributed by atoms with Crippen LogP contribution in [0.3, 0.4) is 0 Å². The number of hydrogen-bond acceptors (Lipinski definition) is 2. The highest BCUT2D eigenvalue weighted by Crippen LogP contribution is 2.55. The third kappa shape index (κ3) is 4.79. The Hall–Kier alpha value is -6.22. The van der Waals surface area contributed by atoms with Crippen LogP contribution in [0.5, 0.6) is 0 Å². The molecular formula is C54H41NS. The van der Waals surface area contributed by atoms with Crippen molar-refractivity contribution in [1.82, 2.24) is 0 Å². The summed E-state index contributed by atoms with van der Waals surface area (Å²) in [6.07, 6.45) is 0. The van der Waals surface area contributed by atoms with Gasteiger partial charge in [0.1, 0.15) is 0 Å². The molecule has 2 aliphatic rings. The number of benzene rings is 8. The molecule has 0 saturated heterocycles. The van der Waals surface area contributed by atoms with Gasteiger partial charge in [-0.3, -0.25) is 0 Å². The van der Waals surface area contributed by atoms with E-state index in [9.17, 15) is 0 Å². The average molecular weight is 736 g/mol. The summed E-state index contributed by atoms with van der Waals surface area (Å²) >= 11 is 1.88. The van der Waals surface area contributed by atoms with Crippen molar-refractivity contribution < 1.29 is 0 Å². The zero-order valence-corrected chi connectivity index (χ0v) is 32.9. The summed E-state index contributed by atoms with van der Waals surface area (Å²) in [4.78, 5) is 2.55. The predicted molar refractivity (Wildman–Crippen MR) is 240 cm³/mol. The van der Waals surface area contributed by atoms with Crippen LogP contribution in [-0.2, 0) is 10.8 Å². The highest BCUT2D eigenvalue weighted by Gasteiger charge is 2.38. The van der Waals surface area contributed by atoms with Crippen molar-refractivity contribution >= 4 is 48.6 Å². The lowest BCUT2D eigenvalue weighted by Crippen LogP contribution is -2.18. The second kappa shape index (κ2) is 12.1. The molecule has 1 aromatic heterocycles. The molecule has 0 bridgehead atoms. The van der Waals surface area contributed by atoms with Gasteiger partial charge in [-0.25, -0.2) is 0 Å². The minimum absolute atomic E-state index is 0.129. The Balaban J connectivity index is 1.21. The van der Waals surface area contributed by atoms with Crippen LogP contribution in [0.4, 0.5) is 17.1 Å². The van der Waals surface area contributed by atoms with E-state index in [-0.39, 0.29) is 10.8 Å². The molecule has 0 unspecified atom stereocenters. The maximum absolute atomic E-state index is 2.55. The first kappa shape index (κ1) is 33.1. The maximum atomic E-state index is 2.55. The lowest BCUT2D eigenvalue weighted by molar-refractivity contribution is 0.660. The fourth-order valence-electron chi connectivity index (χ4n) is 9.86. The molecule has 0 atom stereocenters. The zero-order valence-electron chi connectivity index (χ0n) is 32.1. The van der Waals surface area contributed by atoms with Gasteiger partial charge < -0.3 is 4.90 Å². The molecule has 2 aliphatic carbocycles. The van der Waals surface area contributed by atoms with Crippen molar-refractivity contribution in [2.75, 3.05) is 4.90 Å². The minimum atomic E-state index is -0.129. The topological polar surface area (TPSA) is 3.24 Å². The monoisotopic (exact) mass is 735 g/mol. The van der Waals surface area contributed by atoms with E-state index in [1.165, 1.54) is 92.6 Å². The van der Waals surface area contributed by atoms with Gasteiger partial charge in [-0.05, 0) is 110 Å². The van der Waals surface area contributed by atoms with Crippen LogP contribution in [0.1, 0.15) is 49.9 Å². The highest BCUT2D eigenvalue weighted by molar-refractivity contribution is 7.26. The van der Waals surface area contributed by atoms with Gasteiger partial charge in [0.25, 0.3) is 0 Å². The molecule has 268 valence electrons. The molecule has 56 heavy (non-hydrogen) atoms. The lowest BCUT2D eigenvalue weighted by atomic mass is 9.82. The Morgan fingerprint density at radius 2 is 0.929 bits per heavy atom. The summed E-state index contributed by atoms with van der Waals surface area (Å²) in [7, 11) is 0. The smallest absolute Gasteiger partial charge is 0.0547 e. The number of rotatable bonds is 5. The van der Waals surface area contributed by atoms with Crippen LogP contribution in [0.25, 0.3) is 64.7 Å². The fourth-order valence-corrected chi connectivity index (χ4v) is 11.0. The van der Waals surface area contributed by atoms with E-state index in [2.05, 4.69) is 209 Å². The first-order chi connectivity index (χ1) is 27.3. The Morgan fingerprint density at radius 1 is 0.393 bits per heavy atom. The standard InChI is InChI=1S/C54H41NS/c1-53(2)44-22-11-8-19-39(44)41-27-25-37(32-46(41)53)55(38-26-28-42-40-20-9-12-23-45(40)54(3,4)47(42)33-38)48-29-30-50-52(43-21-10-13-24-49(43)56-50)51(48)36-18-14-17-35(31-36)34-15-6-5-7-16-34/h5-33H,1-4H3. The van der Waals surface area contributed by atoms with Crippen LogP contribution in [0, 0.1) is 0 Å². The molecule has 11 rings (SSSR count). The Bertz CT molecular complexity index is 2930. The molecule has 1 heterocycles. The van der Waals surface area contributed by atoms with Crippen molar-refractivity contribution in [3.63, 3.8) is 0 Å². The Kier molecular flexibility index (Phi) is 7.18. The minimum Gasteiger partial charge on any atom is -0.310 e. The van der Waals surface area contributed by atoms with Gasteiger partial charge in [0.15, 0.2) is 0 Å². The summed E-state index contributed by atoms with van der Waals surface area (Å²) in [5.74, 6) is 0. The van der Waals surface area contributed by atoms with Gasteiger partial charge in [0.2, 0.25) is 0 Å². The summed E-state index contributed by atoms with van der Waals surface area (Å²) < 4.78 is 2.60. The van der Waals surface area contributed by atoms with Gasteiger partial charge in [0.05, 0.1) is 5.69 Å². The Morgan fingerprint density at radius 3 is 1.59 bits per heavy atom. The fraction of sp³-hybridized carbons (Fsp3) is 0.111. The molecule has 0 saturated carbocycles. The van der Waals surface area contributed by atoms with Crippen LogP contribution in [-0.4, -0.2) is 0 Å². The van der Waals surface area contributed by atoms with E-state index in [0.717, 1.165) is 11.4 Å². The molecule has 0 radical (unpaired) electrons. The molecule has 2 heteroatoms. The highest BCUT2D eigenvalue weighted by atomic mass is 32.1. The third-order valence-electron chi connectivity index (χ3n) is 12.7. The van der Waals surface area contributed by atoms with Crippen LogP contribution < -0.4 is 4.90 Å². The van der Waals surface area contributed by atoms with Crippen molar-refractivity contribution in [2.45, 2.75) is 38.5 Å². The number of nitrogens with zero attached hydrogens (tertiary/aromatic N) is 1. The number of anilines is 3. The van der Waals surface area contributed by atoms with Crippen LogP contribution in [0.2, 0.25) is 0 Å². The molecular weight excluding hydrogens is 695 g/mol. The first-order valence-electron chi connectivity index (χ1n) is 19.7. The van der Waals surface area contributed by atoms with Gasteiger partial charge >= 0.3 is 0 Å².